The molecule has 3 unspecified atom stereocenters. The van der Waals surface area contributed by atoms with Crippen LogP contribution in [0.2, 0.25) is 0 Å². The zero-order valence-electron chi connectivity index (χ0n) is 12.7. The first-order chi connectivity index (χ1) is 9.99. The molecule has 4 heteroatoms. The van der Waals surface area contributed by atoms with Gasteiger partial charge in [-0.1, -0.05) is 37.3 Å². The number of carbonyl (C=O) groups excluding carboxylic acids is 1. The summed E-state index contributed by atoms with van der Waals surface area (Å²) in [4.78, 5) is 14.8. The van der Waals surface area contributed by atoms with E-state index in [0.717, 1.165) is 5.56 Å². The van der Waals surface area contributed by atoms with Crippen LogP contribution >= 0.6 is 11.3 Å². The molecule has 3 atom stereocenters. The van der Waals surface area contributed by atoms with Gasteiger partial charge in [-0.2, -0.15) is 0 Å². The number of nitrogens with two attached hydrogens (primary N) is 1. The summed E-state index contributed by atoms with van der Waals surface area (Å²) in [7, 11) is 0. The number of aryl methyl sites for hydroxylation is 1. The molecule has 1 amide bonds. The average molecular weight is 302 g/mol. The molecule has 2 rings (SSSR count). The maximum absolute atomic E-state index is 12.4. The Bertz CT molecular complexity index is 594. The molecule has 1 aromatic heterocycles. The Kier molecular flexibility index (Phi) is 5.15. The second kappa shape index (κ2) is 6.87. The van der Waals surface area contributed by atoms with Gasteiger partial charge >= 0.3 is 0 Å². The maximum Gasteiger partial charge on any atom is 0.225 e. The lowest BCUT2D eigenvalue weighted by molar-refractivity contribution is -0.125. The van der Waals surface area contributed by atoms with Crippen molar-refractivity contribution in [3.63, 3.8) is 0 Å². The van der Waals surface area contributed by atoms with Gasteiger partial charge in [0.1, 0.15) is 0 Å². The van der Waals surface area contributed by atoms with Crippen LogP contribution in [0, 0.1) is 12.8 Å². The van der Waals surface area contributed by atoms with Crippen LogP contribution < -0.4 is 11.1 Å². The van der Waals surface area contributed by atoms with Crippen molar-refractivity contribution in [3.8, 4) is 0 Å². The minimum Gasteiger partial charge on any atom is -0.348 e. The summed E-state index contributed by atoms with van der Waals surface area (Å²) in [5.41, 5.74) is 7.19. The first-order valence-corrected chi connectivity index (χ1v) is 7.98. The predicted octanol–water partition coefficient (Wildman–Crippen LogP) is 3.57. The van der Waals surface area contributed by atoms with Crippen LogP contribution in [0.15, 0.2) is 42.5 Å². The van der Waals surface area contributed by atoms with Crippen LogP contribution in [0.4, 0.5) is 0 Å². The lowest BCUT2D eigenvalue weighted by atomic mass is 9.94. The molecule has 112 valence electrons. The van der Waals surface area contributed by atoms with Gasteiger partial charge in [-0.3, -0.25) is 4.79 Å². The summed E-state index contributed by atoms with van der Waals surface area (Å²) in [6.45, 7) is 5.94. The van der Waals surface area contributed by atoms with Gasteiger partial charge in [0.25, 0.3) is 0 Å². The lowest BCUT2D eigenvalue weighted by Crippen LogP contribution is -2.36. The fourth-order valence-corrected chi connectivity index (χ4v) is 3.11. The van der Waals surface area contributed by atoms with Gasteiger partial charge in [0.2, 0.25) is 5.91 Å². The van der Waals surface area contributed by atoms with Crippen molar-refractivity contribution in [2.45, 2.75) is 32.9 Å². The molecule has 1 aromatic carbocycles. The fourth-order valence-electron chi connectivity index (χ4n) is 2.23. The standard InChI is InChI=1S/C17H22N2OS/c1-11-9-10-15(21-11)13(3)19-17(20)12(2)16(18)14-7-5-4-6-8-14/h4-10,12-13,16H,18H2,1-3H3,(H,19,20). The highest BCUT2D eigenvalue weighted by Crippen LogP contribution is 2.24. The molecule has 0 bridgehead atoms. The van der Waals surface area contributed by atoms with Gasteiger partial charge in [0.05, 0.1) is 12.0 Å². The van der Waals surface area contributed by atoms with Crippen LogP contribution in [0.25, 0.3) is 0 Å². The third-order valence-corrected chi connectivity index (χ3v) is 4.87. The Morgan fingerprint density at radius 3 is 2.38 bits per heavy atom. The Balaban J connectivity index is 1.99. The van der Waals surface area contributed by atoms with Crippen LogP contribution in [-0.2, 0) is 4.79 Å². The van der Waals surface area contributed by atoms with Crippen molar-refractivity contribution in [2.75, 3.05) is 0 Å². The van der Waals surface area contributed by atoms with Gasteiger partial charge in [-0.05, 0) is 31.5 Å². The van der Waals surface area contributed by atoms with Crippen LogP contribution in [0.5, 0.6) is 0 Å². The van der Waals surface area contributed by atoms with E-state index >= 15 is 0 Å². The topological polar surface area (TPSA) is 55.1 Å². The molecule has 0 radical (unpaired) electrons. The van der Waals surface area contributed by atoms with E-state index in [1.807, 2.05) is 44.2 Å². The lowest BCUT2D eigenvalue weighted by Gasteiger charge is -2.22. The first kappa shape index (κ1) is 15.7. The molecule has 0 saturated carbocycles. The Labute approximate surface area is 130 Å². The Morgan fingerprint density at radius 1 is 1.14 bits per heavy atom. The average Bonchev–Trinajstić information content (AvgIpc) is 2.93. The molecule has 3 N–H and O–H groups in total. The summed E-state index contributed by atoms with van der Waals surface area (Å²) in [5.74, 6) is -0.277. The van der Waals surface area contributed by atoms with E-state index in [1.165, 1.54) is 9.75 Å². The highest BCUT2D eigenvalue weighted by molar-refractivity contribution is 7.12. The van der Waals surface area contributed by atoms with E-state index in [4.69, 9.17) is 5.73 Å². The van der Waals surface area contributed by atoms with Crippen molar-refractivity contribution >= 4 is 17.2 Å². The van der Waals surface area contributed by atoms with E-state index < -0.39 is 0 Å². The largest absolute Gasteiger partial charge is 0.348 e. The summed E-state index contributed by atoms with van der Waals surface area (Å²) >= 11 is 1.71. The molecule has 0 aliphatic carbocycles. The normalized spacial score (nSPS) is 15.2. The molecule has 0 saturated heterocycles. The van der Waals surface area contributed by atoms with Crippen molar-refractivity contribution in [1.29, 1.82) is 0 Å². The second-order valence-corrected chi connectivity index (χ2v) is 6.72. The number of benzene rings is 1. The molecule has 0 aliphatic heterocycles. The zero-order valence-corrected chi connectivity index (χ0v) is 13.5. The van der Waals surface area contributed by atoms with E-state index in [-0.39, 0.29) is 23.9 Å². The summed E-state index contributed by atoms with van der Waals surface area (Å²) in [5, 5.41) is 3.05. The van der Waals surface area contributed by atoms with Crippen LogP contribution in [0.1, 0.15) is 41.2 Å². The third kappa shape index (κ3) is 3.93. The van der Waals surface area contributed by atoms with Gasteiger partial charge < -0.3 is 11.1 Å². The maximum atomic E-state index is 12.4. The molecule has 3 nitrogen and oxygen atoms in total. The minimum atomic E-state index is -0.288. The van der Waals surface area contributed by atoms with Gasteiger partial charge in [0.15, 0.2) is 0 Å². The van der Waals surface area contributed by atoms with Crippen molar-refractivity contribution < 1.29 is 4.79 Å². The number of rotatable bonds is 5. The number of hydrogen-bond acceptors (Lipinski definition) is 3. The Morgan fingerprint density at radius 2 is 1.81 bits per heavy atom. The number of hydrogen-bond donors (Lipinski definition) is 2. The molecule has 0 fully saturated rings. The molecule has 2 aromatic rings. The number of thiophene rings is 1. The molecular formula is C17H22N2OS. The fraction of sp³-hybridized carbons (Fsp3) is 0.353. The summed E-state index contributed by atoms with van der Waals surface area (Å²) in [6, 6.07) is 13.6. The first-order valence-electron chi connectivity index (χ1n) is 7.16. The minimum absolute atomic E-state index is 0.00935. The molecular weight excluding hydrogens is 280 g/mol. The van der Waals surface area contributed by atoms with E-state index in [9.17, 15) is 4.79 Å². The second-order valence-electron chi connectivity index (χ2n) is 5.40. The van der Waals surface area contributed by atoms with Gasteiger partial charge in [-0.15, -0.1) is 11.3 Å². The van der Waals surface area contributed by atoms with Gasteiger partial charge in [0, 0.05) is 15.8 Å². The molecule has 1 heterocycles. The molecule has 21 heavy (non-hydrogen) atoms. The molecule has 0 aliphatic rings. The van der Waals surface area contributed by atoms with Crippen molar-refractivity contribution in [3.05, 3.63) is 57.8 Å². The van der Waals surface area contributed by atoms with Gasteiger partial charge in [-0.25, -0.2) is 0 Å². The zero-order chi connectivity index (χ0) is 15.4. The number of nitrogens with one attached hydrogen (secondary N) is 1. The number of carbonyl (C=O) groups is 1. The smallest absolute Gasteiger partial charge is 0.225 e. The van der Waals surface area contributed by atoms with Crippen molar-refractivity contribution in [1.82, 2.24) is 5.32 Å². The van der Waals surface area contributed by atoms with E-state index in [0.29, 0.717) is 0 Å². The summed E-state index contributed by atoms with van der Waals surface area (Å²) < 4.78 is 0. The quantitative estimate of drug-likeness (QED) is 0.887. The SMILES string of the molecule is Cc1ccc(C(C)NC(=O)C(C)C(N)c2ccccc2)s1. The van der Waals surface area contributed by atoms with Crippen LogP contribution in [0.3, 0.4) is 0 Å². The monoisotopic (exact) mass is 302 g/mol. The van der Waals surface area contributed by atoms with Crippen LogP contribution in [-0.4, -0.2) is 5.91 Å². The molecule has 0 spiro atoms. The van der Waals surface area contributed by atoms with E-state index in [2.05, 4.69) is 24.4 Å². The predicted molar refractivity (Wildman–Crippen MR) is 88.1 cm³/mol. The highest BCUT2D eigenvalue weighted by Gasteiger charge is 2.23. The third-order valence-electron chi connectivity index (χ3n) is 3.68. The summed E-state index contributed by atoms with van der Waals surface area (Å²) in [6.07, 6.45) is 0. The highest BCUT2D eigenvalue weighted by atomic mass is 32.1. The Hall–Kier alpha value is -1.65. The number of amides is 1. The van der Waals surface area contributed by atoms with E-state index in [1.54, 1.807) is 11.3 Å². The van der Waals surface area contributed by atoms with Crippen molar-refractivity contribution in [2.24, 2.45) is 11.7 Å².